The minimum Gasteiger partial charge on any atom is -0.497 e. The lowest BCUT2D eigenvalue weighted by Crippen LogP contribution is -2.02. The second-order valence-electron chi connectivity index (χ2n) is 5.36. The molecule has 128 valence electrons. The summed E-state index contributed by atoms with van der Waals surface area (Å²) in [6.07, 6.45) is 0. The molecular weight excluding hydrogens is 341 g/mol. The number of carbonyl (C=O) groups is 1. The summed E-state index contributed by atoms with van der Waals surface area (Å²) in [6, 6.07) is 11.3. The average Bonchev–Trinajstić information content (AvgIpc) is 3.09. The van der Waals surface area contributed by atoms with Gasteiger partial charge in [-0.3, -0.25) is 4.79 Å². The van der Waals surface area contributed by atoms with Gasteiger partial charge in [0, 0.05) is 17.0 Å². The Hall–Kier alpha value is -2.73. The van der Waals surface area contributed by atoms with Crippen molar-refractivity contribution in [1.29, 1.82) is 0 Å². The van der Waals surface area contributed by atoms with Crippen LogP contribution in [0.2, 0.25) is 0 Å². The molecule has 0 fully saturated rings. The van der Waals surface area contributed by atoms with E-state index in [0.29, 0.717) is 17.1 Å². The van der Waals surface area contributed by atoms with Gasteiger partial charge in [-0.05, 0) is 43.3 Å². The number of Topliss-reactive ketones (excluding diaryl/α,β-unsaturated/α-hetero) is 1. The highest BCUT2D eigenvalue weighted by molar-refractivity contribution is 7.13. The predicted octanol–water partition coefficient (Wildman–Crippen LogP) is 4.74. The molecule has 0 N–H and O–H groups in total. The minimum absolute atomic E-state index is 0.0806. The number of rotatable bonds is 6. The molecular formula is C19H16FNO3S. The fourth-order valence-corrected chi connectivity index (χ4v) is 3.10. The summed E-state index contributed by atoms with van der Waals surface area (Å²) >= 11 is 1.46. The monoisotopic (exact) mass is 357 g/mol. The second-order valence-corrected chi connectivity index (χ2v) is 6.22. The zero-order valence-electron chi connectivity index (χ0n) is 13.8. The molecule has 0 saturated carbocycles. The van der Waals surface area contributed by atoms with E-state index in [0.717, 1.165) is 16.3 Å². The summed E-state index contributed by atoms with van der Waals surface area (Å²) in [5.41, 5.74) is 2.08. The topological polar surface area (TPSA) is 48.4 Å². The highest BCUT2D eigenvalue weighted by Gasteiger charge is 2.12. The van der Waals surface area contributed by atoms with Gasteiger partial charge in [-0.1, -0.05) is 0 Å². The number of thiazole rings is 1. The van der Waals surface area contributed by atoms with Crippen LogP contribution in [0.5, 0.6) is 11.5 Å². The van der Waals surface area contributed by atoms with E-state index in [1.807, 2.05) is 5.38 Å². The third-order valence-corrected chi connectivity index (χ3v) is 4.53. The Morgan fingerprint density at radius 1 is 1.20 bits per heavy atom. The van der Waals surface area contributed by atoms with Gasteiger partial charge in [-0.15, -0.1) is 11.3 Å². The van der Waals surface area contributed by atoms with E-state index in [1.54, 1.807) is 37.4 Å². The molecule has 2 aromatic carbocycles. The van der Waals surface area contributed by atoms with E-state index < -0.39 is 0 Å². The maximum Gasteiger partial charge on any atom is 0.163 e. The average molecular weight is 357 g/mol. The van der Waals surface area contributed by atoms with Gasteiger partial charge in [-0.25, -0.2) is 9.37 Å². The van der Waals surface area contributed by atoms with Crippen LogP contribution in [0, 0.1) is 5.82 Å². The van der Waals surface area contributed by atoms with Crippen LogP contribution >= 0.6 is 11.3 Å². The molecule has 25 heavy (non-hydrogen) atoms. The van der Waals surface area contributed by atoms with Crippen LogP contribution in [0.15, 0.2) is 47.8 Å². The number of nitrogens with zero attached hydrogens (tertiary/aromatic N) is 1. The number of methoxy groups -OCH3 is 1. The van der Waals surface area contributed by atoms with Crippen LogP contribution in [0.3, 0.4) is 0 Å². The number of halogens is 1. The summed E-state index contributed by atoms with van der Waals surface area (Å²) < 4.78 is 24.0. The normalized spacial score (nSPS) is 10.5. The van der Waals surface area contributed by atoms with Crippen molar-refractivity contribution in [3.8, 4) is 22.1 Å². The van der Waals surface area contributed by atoms with Gasteiger partial charge in [0.05, 0.1) is 18.4 Å². The molecule has 0 radical (unpaired) electrons. The summed E-state index contributed by atoms with van der Waals surface area (Å²) in [6.45, 7) is 1.72. The van der Waals surface area contributed by atoms with Crippen LogP contribution in [-0.4, -0.2) is 17.9 Å². The molecule has 6 heteroatoms. The smallest absolute Gasteiger partial charge is 0.163 e. The molecule has 0 atom stereocenters. The molecule has 4 nitrogen and oxygen atoms in total. The first-order valence-electron chi connectivity index (χ1n) is 7.59. The van der Waals surface area contributed by atoms with Crippen LogP contribution in [-0.2, 0) is 6.61 Å². The molecule has 0 unspecified atom stereocenters. The molecule has 0 amide bonds. The largest absolute Gasteiger partial charge is 0.497 e. The Kier molecular flexibility index (Phi) is 5.09. The summed E-state index contributed by atoms with van der Waals surface area (Å²) in [7, 11) is 1.56. The molecule has 0 spiro atoms. The maximum absolute atomic E-state index is 13.0. The fourth-order valence-electron chi connectivity index (χ4n) is 2.29. The van der Waals surface area contributed by atoms with Crippen molar-refractivity contribution in [2.45, 2.75) is 13.5 Å². The third kappa shape index (κ3) is 4.03. The number of hydrogen-bond acceptors (Lipinski definition) is 5. The number of hydrogen-bond donors (Lipinski definition) is 0. The van der Waals surface area contributed by atoms with Crippen molar-refractivity contribution in [2.24, 2.45) is 0 Å². The lowest BCUT2D eigenvalue weighted by Gasteiger charge is -2.10. The van der Waals surface area contributed by atoms with Crippen molar-refractivity contribution < 1.29 is 18.7 Å². The molecule has 0 aliphatic carbocycles. The highest BCUT2D eigenvalue weighted by Crippen LogP contribution is 2.28. The van der Waals surface area contributed by atoms with E-state index in [4.69, 9.17) is 9.47 Å². The number of benzene rings is 2. The van der Waals surface area contributed by atoms with Gasteiger partial charge in [0.1, 0.15) is 28.9 Å². The van der Waals surface area contributed by atoms with Gasteiger partial charge in [0.25, 0.3) is 0 Å². The summed E-state index contributed by atoms with van der Waals surface area (Å²) in [4.78, 5) is 16.2. The molecule has 0 aliphatic heterocycles. The Balaban J connectivity index is 1.76. The zero-order chi connectivity index (χ0) is 17.8. The van der Waals surface area contributed by atoms with Crippen LogP contribution < -0.4 is 9.47 Å². The van der Waals surface area contributed by atoms with E-state index >= 15 is 0 Å². The first kappa shape index (κ1) is 17.1. The van der Waals surface area contributed by atoms with Gasteiger partial charge >= 0.3 is 0 Å². The van der Waals surface area contributed by atoms with Crippen molar-refractivity contribution >= 4 is 17.1 Å². The molecule has 3 aromatic rings. The quantitative estimate of drug-likeness (QED) is 0.598. The molecule has 3 rings (SSSR count). The minimum atomic E-state index is -0.279. The standard InChI is InChI=1S/C19H16FNO3S/c1-12(22)17-8-7-16(23-2)9-18(17)24-10-15-11-25-19(21-15)13-3-5-14(20)6-4-13/h3-9,11H,10H2,1-2H3. The molecule has 0 saturated heterocycles. The van der Waals surface area contributed by atoms with E-state index in [-0.39, 0.29) is 18.2 Å². The third-order valence-electron chi connectivity index (χ3n) is 3.59. The van der Waals surface area contributed by atoms with E-state index in [9.17, 15) is 9.18 Å². The van der Waals surface area contributed by atoms with Gasteiger partial charge in [-0.2, -0.15) is 0 Å². The molecule has 0 aliphatic rings. The van der Waals surface area contributed by atoms with Gasteiger partial charge in [0.15, 0.2) is 5.78 Å². The Bertz CT molecular complexity index is 890. The van der Waals surface area contributed by atoms with Crippen LogP contribution in [0.1, 0.15) is 23.0 Å². The lowest BCUT2D eigenvalue weighted by atomic mass is 10.1. The summed E-state index contributed by atoms with van der Waals surface area (Å²) in [5, 5.41) is 2.67. The number of ether oxygens (including phenoxy) is 2. The highest BCUT2D eigenvalue weighted by atomic mass is 32.1. The Morgan fingerprint density at radius 3 is 2.64 bits per heavy atom. The predicted molar refractivity (Wildman–Crippen MR) is 94.8 cm³/mol. The SMILES string of the molecule is COc1ccc(C(C)=O)c(OCc2csc(-c3ccc(F)cc3)n2)c1. The van der Waals surface area contributed by atoms with Crippen molar-refractivity contribution in [3.05, 3.63) is 64.9 Å². The molecule has 1 aromatic heterocycles. The van der Waals surface area contributed by atoms with Gasteiger partial charge < -0.3 is 9.47 Å². The van der Waals surface area contributed by atoms with E-state index in [1.165, 1.54) is 30.4 Å². The van der Waals surface area contributed by atoms with Crippen molar-refractivity contribution in [1.82, 2.24) is 4.98 Å². The van der Waals surface area contributed by atoms with Crippen LogP contribution in [0.25, 0.3) is 10.6 Å². The van der Waals surface area contributed by atoms with Crippen LogP contribution in [0.4, 0.5) is 4.39 Å². The van der Waals surface area contributed by atoms with Gasteiger partial charge in [0.2, 0.25) is 0 Å². The Morgan fingerprint density at radius 2 is 1.96 bits per heavy atom. The van der Waals surface area contributed by atoms with Crippen molar-refractivity contribution in [3.63, 3.8) is 0 Å². The molecule has 0 bridgehead atoms. The lowest BCUT2D eigenvalue weighted by molar-refractivity contribution is 0.101. The number of aromatic nitrogens is 1. The van der Waals surface area contributed by atoms with Crippen molar-refractivity contribution in [2.75, 3.05) is 7.11 Å². The Labute approximate surface area is 148 Å². The first-order chi connectivity index (χ1) is 12.1. The first-order valence-corrected chi connectivity index (χ1v) is 8.47. The number of carbonyl (C=O) groups excluding carboxylic acids is 1. The second kappa shape index (κ2) is 7.44. The molecule has 1 heterocycles. The fraction of sp³-hybridized carbons (Fsp3) is 0.158. The van der Waals surface area contributed by atoms with E-state index in [2.05, 4.69) is 4.98 Å². The zero-order valence-corrected chi connectivity index (χ0v) is 14.6. The summed E-state index contributed by atoms with van der Waals surface area (Å²) in [5.74, 6) is 0.718. The maximum atomic E-state index is 13.0. The number of ketones is 1.